The Bertz CT molecular complexity index is 1730. The summed E-state index contributed by atoms with van der Waals surface area (Å²) in [5, 5.41) is 6.16. The van der Waals surface area contributed by atoms with Crippen LogP contribution >= 0.6 is 11.3 Å². The third kappa shape index (κ3) is 5.69. The highest BCUT2D eigenvalue weighted by molar-refractivity contribution is 7.13. The number of rotatable bonds is 7. The maximum absolute atomic E-state index is 13.5. The van der Waals surface area contributed by atoms with E-state index in [-0.39, 0.29) is 40.0 Å². The van der Waals surface area contributed by atoms with Crippen LogP contribution in [0.15, 0.2) is 40.9 Å². The summed E-state index contributed by atoms with van der Waals surface area (Å²) < 4.78 is 47.1. The Kier molecular flexibility index (Phi) is 7.97. The first-order valence-electron chi connectivity index (χ1n) is 13.0. The van der Waals surface area contributed by atoms with E-state index >= 15 is 0 Å². The van der Waals surface area contributed by atoms with Crippen molar-refractivity contribution in [2.75, 3.05) is 38.6 Å². The third-order valence-corrected chi connectivity index (χ3v) is 7.50. The number of nitrogens with one attached hydrogen (secondary N) is 2. The second kappa shape index (κ2) is 11.5. The van der Waals surface area contributed by atoms with Crippen LogP contribution < -0.4 is 16.1 Å². The van der Waals surface area contributed by atoms with Gasteiger partial charge in [0.1, 0.15) is 22.0 Å². The van der Waals surface area contributed by atoms with Crippen molar-refractivity contribution in [1.82, 2.24) is 29.7 Å². The van der Waals surface area contributed by atoms with Crippen LogP contribution in [0.5, 0.6) is 0 Å². The summed E-state index contributed by atoms with van der Waals surface area (Å²) in [6.07, 6.45) is -0.335. The summed E-state index contributed by atoms with van der Waals surface area (Å²) in [6.45, 7) is 5.17. The lowest BCUT2D eigenvalue weighted by Gasteiger charge is -2.38. The van der Waals surface area contributed by atoms with Gasteiger partial charge >= 0.3 is 18.2 Å². The predicted octanol–water partition coefficient (Wildman–Crippen LogP) is 4.41. The lowest BCUT2D eigenvalue weighted by atomic mass is 10.0. The van der Waals surface area contributed by atoms with Gasteiger partial charge in [-0.05, 0) is 33.0 Å². The van der Waals surface area contributed by atoms with Crippen molar-refractivity contribution >= 4 is 40.2 Å². The van der Waals surface area contributed by atoms with Crippen molar-refractivity contribution in [3.8, 4) is 21.7 Å². The molecular formula is C27H26F3N7O4S. The number of halogens is 3. The van der Waals surface area contributed by atoms with Crippen LogP contribution in [-0.2, 0) is 10.9 Å². The fraction of sp³-hybridized carbons (Fsp3) is 0.333. The number of fused-ring (bicyclic) bond motifs is 1. The molecule has 42 heavy (non-hydrogen) atoms. The smallest absolute Gasteiger partial charge is 0.434 e. The lowest BCUT2D eigenvalue weighted by molar-refractivity contribution is -0.140. The van der Waals surface area contributed by atoms with Crippen LogP contribution in [0.4, 0.5) is 23.8 Å². The molecule has 1 saturated heterocycles. The first-order chi connectivity index (χ1) is 20.0. The number of hydrogen-bond donors (Lipinski definition) is 2. The number of likely N-dealkylation sites (N-methyl/N-ethyl adjacent to an activating group) is 1. The monoisotopic (exact) mass is 601 g/mol. The highest BCUT2D eigenvalue weighted by atomic mass is 32.1. The number of amides is 2. The molecule has 2 amide bonds. The zero-order chi connectivity index (χ0) is 30.2. The van der Waals surface area contributed by atoms with E-state index in [2.05, 4.69) is 30.5 Å². The average Bonchev–Trinajstić information content (AvgIpc) is 3.43. The minimum Gasteiger partial charge on any atom is -0.462 e. The number of alkyl halides is 3. The minimum absolute atomic E-state index is 0.0222. The van der Waals surface area contributed by atoms with E-state index in [4.69, 9.17) is 4.74 Å². The van der Waals surface area contributed by atoms with Gasteiger partial charge in [-0.3, -0.25) is 10.1 Å². The van der Waals surface area contributed by atoms with Crippen LogP contribution in [0.3, 0.4) is 0 Å². The molecule has 11 nitrogen and oxygen atoms in total. The Morgan fingerprint density at radius 3 is 2.55 bits per heavy atom. The topological polar surface area (TPSA) is 131 Å². The molecule has 0 saturated carbocycles. The van der Waals surface area contributed by atoms with E-state index in [0.717, 1.165) is 16.7 Å². The largest absolute Gasteiger partial charge is 0.462 e. The highest BCUT2D eigenvalue weighted by Gasteiger charge is 2.34. The third-order valence-electron chi connectivity index (χ3n) is 6.62. The van der Waals surface area contributed by atoms with E-state index in [0.29, 0.717) is 36.4 Å². The van der Waals surface area contributed by atoms with Gasteiger partial charge in [0.2, 0.25) is 5.43 Å². The number of aromatic nitrogens is 4. The van der Waals surface area contributed by atoms with Gasteiger partial charge in [-0.25, -0.2) is 24.5 Å². The second-order valence-electron chi connectivity index (χ2n) is 9.61. The van der Waals surface area contributed by atoms with Crippen LogP contribution in [0.25, 0.3) is 32.7 Å². The molecule has 1 aliphatic heterocycles. The van der Waals surface area contributed by atoms with Crippen molar-refractivity contribution in [3.05, 3.63) is 57.6 Å². The molecule has 5 heterocycles. The number of pyridine rings is 3. The molecule has 0 bridgehead atoms. The Morgan fingerprint density at radius 1 is 1.14 bits per heavy atom. The predicted molar refractivity (Wildman–Crippen MR) is 151 cm³/mol. The van der Waals surface area contributed by atoms with Crippen LogP contribution in [0.1, 0.15) is 35.9 Å². The Balaban J connectivity index is 1.68. The van der Waals surface area contributed by atoms with Gasteiger partial charge < -0.3 is 19.5 Å². The molecule has 220 valence electrons. The maximum Gasteiger partial charge on any atom is 0.434 e. The number of esters is 1. The lowest BCUT2D eigenvalue weighted by Crippen LogP contribution is -2.45. The number of urea groups is 1. The van der Waals surface area contributed by atoms with Crippen LogP contribution in [0, 0.1) is 0 Å². The number of nitrogens with zero attached hydrogens (tertiary/aromatic N) is 5. The summed E-state index contributed by atoms with van der Waals surface area (Å²) in [6, 6.07) is 2.37. The molecule has 15 heteroatoms. The van der Waals surface area contributed by atoms with E-state index in [9.17, 15) is 27.6 Å². The van der Waals surface area contributed by atoms with Gasteiger partial charge in [0.25, 0.3) is 0 Å². The zero-order valence-corrected chi connectivity index (χ0v) is 23.6. The van der Waals surface area contributed by atoms with Gasteiger partial charge in [-0.2, -0.15) is 13.2 Å². The second-order valence-corrected chi connectivity index (χ2v) is 10.5. The number of hydrogen-bond acceptors (Lipinski definition) is 9. The van der Waals surface area contributed by atoms with E-state index in [1.54, 1.807) is 18.4 Å². The molecular weight excluding hydrogens is 575 g/mol. The van der Waals surface area contributed by atoms with Gasteiger partial charge in [0.05, 0.1) is 18.0 Å². The van der Waals surface area contributed by atoms with Crippen LogP contribution in [0.2, 0.25) is 0 Å². The first kappa shape index (κ1) is 29.1. The minimum atomic E-state index is -4.65. The van der Waals surface area contributed by atoms with Gasteiger partial charge in [-0.15, -0.1) is 11.3 Å². The van der Waals surface area contributed by atoms with Gasteiger partial charge in [0, 0.05) is 60.3 Å². The van der Waals surface area contributed by atoms with E-state index in [1.807, 2.05) is 7.05 Å². The summed E-state index contributed by atoms with van der Waals surface area (Å²) in [7, 11) is 1.95. The fourth-order valence-corrected chi connectivity index (χ4v) is 5.49. The number of anilines is 1. The van der Waals surface area contributed by atoms with Gasteiger partial charge in [-0.1, -0.05) is 0 Å². The molecule has 4 aromatic heterocycles. The molecule has 0 aromatic carbocycles. The number of ether oxygens (including phenoxy) is 1. The number of likely N-dealkylation sites (tertiary alicyclic amines) is 1. The molecule has 0 radical (unpaired) electrons. The van der Waals surface area contributed by atoms with Crippen molar-refractivity contribution in [1.29, 1.82) is 0 Å². The summed E-state index contributed by atoms with van der Waals surface area (Å²) in [5.74, 6) is -0.680. The summed E-state index contributed by atoms with van der Waals surface area (Å²) in [4.78, 5) is 53.0. The average molecular weight is 602 g/mol. The Hall–Kier alpha value is -4.37. The molecule has 5 rings (SSSR count). The molecule has 0 spiro atoms. The van der Waals surface area contributed by atoms with Crippen LogP contribution in [-0.4, -0.2) is 69.7 Å². The van der Waals surface area contributed by atoms with Crippen molar-refractivity contribution < 1.29 is 27.5 Å². The van der Waals surface area contributed by atoms with Crippen molar-refractivity contribution in [3.63, 3.8) is 0 Å². The summed E-state index contributed by atoms with van der Waals surface area (Å²) in [5.41, 5.74) is -0.522. The summed E-state index contributed by atoms with van der Waals surface area (Å²) >= 11 is 0.773. The molecule has 0 aliphatic carbocycles. The molecule has 4 aromatic rings. The quantitative estimate of drug-likeness (QED) is 0.298. The first-order valence-corrected chi connectivity index (χ1v) is 13.9. The van der Waals surface area contributed by atoms with Crippen molar-refractivity contribution in [2.24, 2.45) is 0 Å². The SMILES string of the molecule is CCNC(=O)Nc1cc(-c2nc(C(F)(F)F)cs2)c(-c2cnc3c(c2)c(=O)c(C(=O)OCC)cn3C2CN(C)C2)cn1. The maximum atomic E-state index is 13.5. The highest BCUT2D eigenvalue weighted by Crippen LogP contribution is 2.39. The molecule has 1 aliphatic rings. The van der Waals surface area contributed by atoms with E-state index < -0.39 is 29.3 Å². The normalized spacial score (nSPS) is 14.0. The molecule has 0 unspecified atom stereocenters. The fourth-order valence-electron chi connectivity index (χ4n) is 4.64. The number of carbonyl (C=O) groups is 2. The molecule has 1 fully saturated rings. The zero-order valence-electron chi connectivity index (χ0n) is 22.8. The van der Waals surface area contributed by atoms with Gasteiger partial charge in [0.15, 0.2) is 5.69 Å². The number of thiazole rings is 1. The Labute approximate surface area is 241 Å². The van der Waals surface area contributed by atoms with E-state index in [1.165, 1.54) is 30.7 Å². The number of carbonyl (C=O) groups excluding carboxylic acids is 2. The molecule has 0 atom stereocenters. The van der Waals surface area contributed by atoms with Crippen molar-refractivity contribution in [2.45, 2.75) is 26.1 Å². The molecule has 2 N–H and O–H groups in total. The Morgan fingerprint density at radius 2 is 1.90 bits per heavy atom. The standard InChI is InChI=1S/C27H26F3N7O4S/c1-4-31-26(40)35-21-7-16(24-34-20(13-42-24)27(28,29)30)18(9-32-21)14-6-17-22(38)19(25(39)41-5-2)12-37(23(17)33-8-14)15-10-36(3)11-15/h6-9,12-13,15H,4-5,10-11H2,1-3H3,(H2,31,32,35,40).